The number of amides is 1. The quantitative estimate of drug-likeness (QED) is 0.757. The molecule has 2 rings (SSSR count). The highest BCUT2D eigenvalue weighted by Crippen LogP contribution is 2.23. The van der Waals surface area contributed by atoms with Gasteiger partial charge in [0.2, 0.25) is 5.91 Å². The Balaban J connectivity index is 1.91. The molecule has 0 aromatic rings. The number of aliphatic hydroxyl groups excluding tert-OH is 1. The molecule has 2 atom stereocenters. The van der Waals surface area contributed by atoms with Crippen LogP contribution in [-0.2, 0) is 14.6 Å². The molecule has 0 aliphatic carbocycles. The van der Waals surface area contributed by atoms with Crippen molar-refractivity contribution in [3.05, 3.63) is 0 Å². The minimum atomic E-state index is -3.02. The lowest BCUT2D eigenvalue weighted by atomic mass is 10.0. The van der Waals surface area contributed by atoms with E-state index in [1.807, 2.05) is 4.90 Å². The van der Waals surface area contributed by atoms with Crippen LogP contribution < -0.4 is 5.32 Å². The Morgan fingerprint density at radius 2 is 2.14 bits per heavy atom. The lowest BCUT2D eigenvalue weighted by Gasteiger charge is -2.30. The van der Waals surface area contributed by atoms with Crippen molar-refractivity contribution in [1.82, 2.24) is 10.2 Å². The van der Waals surface area contributed by atoms with Crippen LogP contribution in [0.4, 0.5) is 0 Å². The van der Waals surface area contributed by atoms with Gasteiger partial charge >= 0.3 is 0 Å². The monoisotopic (exact) mass is 318 g/mol. The van der Waals surface area contributed by atoms with Gasteiger partial charge in [0.15, 0.2) is 9.84 Å². The fourth-order valence-electron chi connectivity index (χ4n) is 3.32. The third kappa shape index (κ3) is 4.66. The van der Waals surface area contributed by atoms with E-state index in [2.05, 4.69) is 5.32 Å². The molecule has 2 heterocycles. The van der Waals surface area contributed by atoms with Gasteiger partial charge in [-0.15, -0.1) is 0 Å². The normalized spacial score (nSPS) is 33.5. The number of nitrogens with zero attached hydrogens (tertiary/aromatic N) is 1. The zero-order valence-electron chi connectivity index (χ0n) is 12.7. The summed E-state index contributed by atoms with van der Waals surface area (Å²) in [6.45, 7) is 2.91. The van der Waals surface area contributed by atoms with Crippen molar-refractivity contribution in [3.8, 4) is 0 Å². The van der Waals surface area contributed by atoms with Crippen LogP contribution in [0.1, 0.15) is 39.0 Å². The van der Waals surface area contributed by atoms with Crippen LogP contribution in [0.15, 0.2) is 0 Å². The molecule has 7 heteroatoms. The lowest BCUT2D eigenvalue weighted by Crippen LogP contribution is -2.52. The number of sulfone groups is 1. The van der Waals surface area contributed by atoms with Crippen LogP contribution in [0.2, 0.25) is 0 Å². The average molecular weight is 318 g/mol. The Morgan fingerprint density at radius 1 is 1.38 bits per heavy atom. The maximum absolute atomic E-state index is 12.2. The molecular weight excluding hydrogens is 292 g/mol. The molecule has 122 valence electrons. The number of carbonyl (C=O) groups is 1. The fourth-order valence-corrected chi connectivity index (χ4v) is 5.41. The molecular formula is C14H26N2O4S. The summed E-state index contributed by atoms with van der Waals surface area (Å²) in [6.07, 6.45) is 4.64. The van der Waals surface area contributed by atoms with Crippen LogP contribution in [0.5, 0.6) is 0 Å². The van der Waals surface area contributed by atoms with Crippen molar-refractivity contribution in [2.45, 2.75) is 50.6 Å². The SMILES string of the molecule is CC1(NC(=O)CN2CCCCCC2CO)CCS(=O)(=O)C1. The van der Waals surface area contributed by atoms with Gasteiger partial charge in [-0.1, -0.05) is 12.8 Å². The summed E-state index contributed by atoms with van der Waals surface area (Å²) in [5.74, 6) is 0.0250. The maximum atomic E-state index is 12.2. The molecule has 0 saturated carbocycles. The molecule has 1 amide bonds. The summed E-state index contributed by atoms with van der Waals surface area (Å²) in [4.78, 5) is 14.3. The Kier molecular flexibility index (Phi) is 5.27. The molecule has 2 saturated heterocycles. The van der Waals surface area contributed by atoms with E-state index in [1.165, 1.54) is 0 Å². The molecule has 2 aliphatic rings. The van der Waals surface area contributed by atoms with Crippen molar-refractivity contribution in [2.24, 2.45) is 0 Å². The molecule has 21 heavy (non-hydrogen) atoms. The Labute approximate surface area is 126 Å². The van der Waals surface area contributed by atoms with E-state index >= 15 is 0 Å². The smallest absolute Gasteiger partial charge is 0.234 e. The molecule has 6 nitrogen and oxygen atoms in total. The number of aliphatic hydroxyl groups is 1. The lowest BCUT2D eigenvalue weighted by molar-refractivity contribution is -0.124. The second-order valence-electron chi connectivity index (χ2n) is 6.61. The molecule has 0 spiro atoms. The third-order valence-corrected chi connectivity index (χ3v) is 6.40. The largest absolute Gasteiger partial charge is 0.395 e. The summed E-state index contributed by atoms with van der Waals surface area (Å²) in [5.41, 5.74) is -0.642. The number of likely N-dealkylation sites (tertiary alicyclic amines) is 1. The van der Waals surface area contributed by atoms with E-state index in [0.29, 0.717) is 6.42 Å². The first-order valence-corrected chi connectivity index (χ1v) is 9.52. The highest BCUT2D eigenvalue weighted by atomic mass is 32.2. The summed E-state index contributed by atoms with van der Waals surface area (Å²) in [5, 5.41) is 12.3. The Hall–Kier alpha value is -0.660. The van der Waals surface area contributed by atoms with Crippen LogP contribution in [-0.4, -0.2) is 67.1 Å². The van der Waals surface area contributed by atoms with Gasteiger partial charge in [0.05, 0.1) is 30.2 Å². The molecule has 0 aromatic heterocycles. The average Bonchev–Trinajstić information content (AvgIpc) is 2.56. The third-order valence-electron chi connectivity index (χ3n) is 4.50. The Bertz CT molecular complexity index is 479. The summed E-state index contributed by atoms with van der Waals surface area (Å²) in [7, 11) is -3.02. The summed E-state index contributed by atoms with van der Waals surface area (Å²) in [6, 6.07) is 0.0402. The van der Waals surface area contributed by atoms with Crippen molar-refractivity contribution in [3.63, 3.8) is 0 Å². The zero-order valence-corrected chi connectivity index (χ0v) is 13.5. The van der Waals surface area contributed by atoms with Gasteiger partial charge in [-0.2, -0.15) is 0 Å². The van der Waals surface area contributed by atoms with E-state index in [1.54, 1.807) is 6.92 Å². The molecule has 0 aromatic carbocycles. The van der Waals surface area contributed by atoms with Crippen molar-refractivity contribution >= 4 is 15.7 Å². The standard InChI is InChI=1S/C14H26N2O4S/c1-14(6-8-21(19,20)11-14)15-13(18)9-16-7-4-2-3-5-12(16)10-17/h12,17H,2-11H2,1H3,(H,15,18). The van der Waals surface area contributed by atoms with Gasteiger partial charge in [0.1, 0.15) is 0 Å². The van der Waals surface area contributed by atoms with Gasteiger partial charge in [-0.25, -0.2) is 8.42 Å². The van der Waals surface area contributed by atoms with E-state index in [-0.39, 0.29) is 36.6 Å². The van der Waals surface area contributed by atoms with E-state index in [0.717, 1.165) is 32.2 Å². The maximum Gasteiger partial charge on any atom is 0.234 e. The molecule has 0 bridgehead atoms. The van der Waals surface area contributed by atoms with Gasteiger partial charge in [-0.05, 0) is 32.7 Å². The first-order valence-electron chi connectivity index (χ1n) is 7.70. The minimum absolute atomic E-state index is 0.0230. The van der Waals surface area contributed by atoms with Crippen molar-refractivity contribution < 1.29 is 18.3 Å². The van der Waals surface area contributed by atoms with Gasteiger partial charge < -0.3 is 10.4 Å². The van der Waals surface area contributed by atoms with Crippen molar-refractivity contribution in [2.75, 3.05) is 31.2 Å². The van der Waals surface area contributed by atoms with Gasteiger partial charge in [0.25, 0.3) is 0 Å². The number of carbonyl (C=O) groups excluding carboxylic acids is 1. The fraction of sp³-hybridized carbons (Fsp3) is 0.929. The number of nitrogens with one attached hydrogen (secondary N) is 1. The molecule has 2 fully saturated rings. The van der Waals surface area contributed by atoms with Crippen molar-refractivity contribution in [1.29, 1.82) is 0 Å². The summed E-state index contributed by atoms with van der Waals surface area (Å²) >= 11 is 0. The van der Waals surface area contributed by atoms with Crippen LogP contribution in [0.25, 0.3) is 0 Å². The van der Waals surface area contributed by atoms with Crippen LogP contribution >= 0.6 is 0 Å². The Morgan fingerprint density at radius 3 is 2.76 bits per heavy atom. The second kappa shape index (κ2) is 6.62. The number of hydrogen-bond donors (Lipinski definition) is 2. The predicted molar refractivity (Wildman–Crippen MR) is 80.7 cm³/mol. The van der Waals surface area contributed by atoms with Gasteiger partial charge in [-0.3, -0.25) is 9.69 Å². The molecule has 0 radical (unpaired) electrons. The van der Waals surface area contributed by atoms with Gasteiger partial charge in [0, 0.05) is 6.04 Å². The first-order chi connectivity index (χ1) is 9.84. The van der Waals surface area contributed by atoms with E-state index < -0.39 is 15.4 Å². The summed E-state index contributed by atoms with van der Waals surface area (Å²) < 4.78 is 23.1. The van der Waals surface area contributed by atoms with Crippen LogP contribution in [0.3, 0.4) is 0 Å². The second-order valence-corrected chi connectivity index (χ2v) is 8.79. The highest BCUT2D eigenvalue weighted by molar-refractivity contribution is 7.91. The van der Waals surface area contributed by atoms with Crippen LogP contribution in [0, 0.1) is 0 Å². The van der Waals surface area contributed by atoms with E-state index in [9.17, 15) is 18.3 Å². The first kappa shape index (κ1) is 16.7. The topological polar surface area (TPSA) is 86.7 Å². The number of hydrogen-bond acceptors (Lipinski definition) is 5. The number of rotatable bonds is 4. The molecule has 2 aliphatic heterocycles. The molecule has 2 N–H and O–H groups in total. The molecule has 2 unspecified atom stereocenters. The highest BCUT2D eigenvalue weighted by Gasteiger charge is 2.39. The van der Waals surface area contributed by atoms with E-state index in [4.69, 9.17) is 0 Å². The zero-order chi connectivity index (χ0) is 15.5. The minimum Gasteiger partial charge on any atom is -0.395 e. The predicted octanol–water partition coefficient (Wildman–Crippen LogP) is -0.0833.